The summed E-state index contributed by atoms with van der Waals surface area (Å²) >= 11 is 0. The number of aromatic nitrogens is 3. The van der Waals surface area contributed by atoms with E-state index >= 15 is 0 Å². The molecular formula is C18H19FN4O2. The first-order valence-corrected chi connectivity index (χ1v) is 7.82. The van der Waals surface area contributed by atoms with Crippen molar-refractivity contribution in [1.82, 2.24) is 19.0 Å². The van der Waals surface area contributed by atoms with Crippen LogP contribution < -0.4 is 5.69 Å². The van der Waals surface area contributed by atoms with Crippen LogP contribution in [-0.4, -0.2) is 39.0 Å². The number of fused-ring (bicyclic) bond motifs is 1. The highest BCUT2D eigenvalue weighted by molar-refractivity contribution is 5.82. The van der Waals surface area contributed by atoms with E-state index in [9.17, 15) is 14.0 Å². The molecule has 0 aliphatic carbocycles. The van der Waals surface area contributed by atoms with Gasteiger partial charge in [-0.3, -0.25) is 13.9 Å². The van der Waals surface area contributed by atoms with Crippen molar-refractivity contribution in [2.45, 2.75) is 13.5 Å². The number of pyridine rings is 1. The fourth-order valence-corrected chi connectivity index (χ4v) is 2.72. The Morgan fingerprint density at radius 2 is 2.04 bits per heavy atom. The fourth-order valence-electron chi connectivity index (χ4n) is 2.72. The minimum absolute atomic E-state index is 0.0927. The van der Waals surface area contributed by atoms with E-state index in [4.69, 9.17) is 0 Å². The average Bonchev–Trinajstić information content (AvgIpc) is 2.81. The molecule has 6 nitrogen and oxygen atoms in total. The molecule has 1 aromatic carbocycles. The Morgan fingerprint density at radius 1 is 1.32 bits per heavy atom. The lowest BCUT2D eigenvalue weighted by Crippen LogP contribution is -2.31. The normalized spacial score (nSPS) is 11.1. The zero-order valence-electron chi connectivity index (χ0n) is 14.6. The summed E-state index contributed by atoms with van der Waals surface area (Å²) in [6, 6.07) is 6.83. The lowest BCUT2D eigenvalue weighted by molar-refractivity contribution is -0.129. The van der Waals surface area contributed by atoms with Gasteiger partial charge >= 0.3 is 5.69 Å². The van der Waals surface area contributed by atoms with Crippen LogP contribution in [0.1, 0.15) is 5.56 Å². The van der Waals surface area contributed by atoms with Gasteiger partial charge in [0.2, 0.25) is 5.91 Å². The van der Waals surface area contributed by atoms with Gasteiger partial charge in [0.25, 0.3) is 0 Å². The van der Waals surface area contributed by atoms with Gasteiger partial charge in [-0.15, -0.1) is 0 Å². The summed E-state index contributed by atoms with van der Waals surface area (Å²) in [5, 5.41) is 0. The van der Waals surface area contributed by atoms with E-state index in [2.05, 4.69) is 4.98 Å². The van der Waals surface area contributed by atoms with Gasteiger partial charge in [-0.25, -0.2) is 14.2 Å². The number of rotatable bonds is 3. The van der Waals surface area contributed by atoms with E-state index in [0.29, 0.717) is 27.9 Å². The molecule has 2 aromatic heterocycles. The third-order valence-corrected chi connectivity index (χ3v) is 4.27. The molecule has 0 spiro atoms. The Labute approximate surface area is 144 Å². The Kier molecular flexibility index (Phi) is 4.16. The van der Waals surface area contributed by atoms with Gasteiger partial charge in [-0.05, 0) is 18.6 Å². The second kappa shape index (κ2) is 6.16. The minimum Gasteiger partial charge on any atom is -0.347 e. The highest BCUT2D eigenvalue weighted by Gasteiger charge is 2.17. The summed E-state index contributed by atoms with van der Waals surface area (Å²) in [7, 11) is 4.86. The Hall–Kier alpha value is -2.96. The van der Waals surface area contributed by atoms with Crippen molar-refractivity contribution < 1.29 is 9.18 Å². The lowest BCUT2D eigenvalue weighted by Gasteiger charge is -2.11. The summed E-state index contributed by atoms with van der Waals surface area (Å²) < 4.78 is 17.2. The first-order valence-electron chi connectivity index (χ1n) is 7.82. The molecule has 3 rings (SSSR count). The van der Waals surface area contributed by atoms with Crippen molar-refractivity contribution >= 4 is 17.1 Å². The molecule has 25 heavy (non-hydrogen) atoms. The highest BCUT2D eigenvalue weighted by atomic mass is 19.1. The first-order chi connectivity index (χ1) is 11.8. The van der Waals surface area contributed by atoms with Crippen LogP contribution >= 0.6 is 0 Å². The van der Waals surface area contributed by atoms with Crippen LogP contribution in [0.15, 0.2) is 35.3 Å². The molecule has 0 saturated carbocycles. The zero-order chi connectivity index (χ0) is 18.3. The van der Waals surface area contributed by atoms with Gasteiger partial charge in [0.05, 0.1) is 5.52 Å². The lowest BCUT2D eigenvalue weighted by atomic mass is 10.0. The van der Waals surface area contributed by atoms with Crippen molar-refractivity contribution in [2.75, 3.05) is 14.1 Å². The topological polar surface area (TPSA) is 60.1 Å². The molecule has 130 valence electrons. The molecule has 7 heteroatoms. The molecule has 2 heterocycles. The number of benzene rings is 1. The number of carbonyl (C=O) groups is 1. The van der Waals surface area contributed by atoms with Gasteiger partial charge in [-0.1, -0.05) is 18.2 Å². The second-order valence-electron chi connectivity index (χ2n) is 6.22. The molecule has 0 aliphatic rings. The molecule has 0 unspecified atom stereocenters. The molecule has 0 radical (unpaired) electrons. The molecule has 0 bridgehead atoms. The van der Waals surface area contributed by atoms with Crippen molar-refractivity contribution in [2.24, 2.45) is 7.05 Å². The van der Waals surface area contributed by atoms with E-state index in [1.807, 2.05) is 0 Å². The molecule has 0 atom stereocenters. The van der Waals surface area contributed by atoms with Crippen LogP contribution in [0.3, 0.4) is 0 Å². The second-order valence-corrected chi connectivity index (χ2v) is 6.22. The minimum atomic E-state index is -0.334. The number of nitrogens with zero attached hydrogens (tertiary/aromatic N) is 4. The number of aryl methyl sites for hydroxylation is 2. The van der Waals surface area contributed by atoms with Crippen molar-refractivity contribution in [3.8, 4) is 11.1 Å². The number of hydrogen-bond donors (Lipinski definition) is 0. The molecule has 0 fully saturated rings. The maximum absolute atomic E-state index is 14.4. The van der Waals surface area contributed by atoms with Crippen molar-refractivity contribution in [3.63, 3.8) is 0 Å². The number of likely N-dealkylation sites (N-methyl/N-ethyl adjacent to an activating group) is 1. The highest BCUT2D eigenvalue weighted by Crippen LogP contribution is 2.26. The van der Waals surface area contributed by atoms with Crippen LogP contribution in [-0.2, 0) is 18.4 Å². The number of halogens is 1. The third-order valence-electron chi connectivity index (χ3n) is 4.27. The fraction of sp³-hybridized carbons (Fsp3) is 0.278. The third kappa shape index (κ3) is 2.82. The van der Waals surface area contributed by atoms with Gasteiger partial charge in [-0.2, -0.15) is 0 Å². The summed E-state index contributed by atoms with van der Waals surface area (Å²) in [4.78, 5) is 30.2. The van der Waals surface area contributed by atoms with Crippen molar-refractivity contribution in [3.05, 3.63) is 52.3 Å². The summed E-state index contributed by atoms with van der Waals surface area (Å²) in [5.74, 6) is -0.528. The molecule has 3 aromatic rings. The van der Waals surface area contributed by atoms with E-state index in [1.165, 1.54) is 20.2 Å². The van der Waals surface area contributed by atoms with Gasteiger partial charge in [0.1, 0.15) is 12.4 Å². The van der Waals surface area contributed by atoms with Crippen LogP contribution in [0.2, 0.25) is 0 Å². The molecule has 0 N–H and O–H groups in total. The van der Waals surface area contributed by atoms with Crippen LogP contribution in [0.25, 0.3) is 22.3 Å². The van der Waals surface area contributed by atoms with Crippen molar-refractivity contribution in [1.29, 1.82) is 0 Å². The Morgan fingerprint density at radius 3 is 2.72 bits per heavy atom. The van der Waals surface area contributed by atoms with E-state index in [1.54, 1.807) is 52.3 Å². The predicted octanol–water partition coefficient (Wildman–Crippen LogP) is 1.94. The van der Waals surface area contributed by atoms with E-state index < -0.39 is 0 Å². The largest absolute Gasteiger partial charge is 0.347 e. The quantitative estimate of drug-likeness (QED) is 0.731. The first kappa shape index (κ1) is 16.9. The standard InChI is InChI=1S/C18H19FN4O2/c1-11-6-5-7-13(16(11)19)12-8-14-17(20-9-12)22(4)18(25)23(14)10-15(24)21(2)3/h5-9H,10H2,1-4H3. The summed E-state index contributed by atoms with van der Waals surface area (Å²) in [5.41, 5.74) is 2.13. The van der Waals surface area contributed by atoms with Gasteiger partial charge in [0.15, 0.2) is 5.65 Å². The smallest absolute Gasteiger partial charge is 0.330 e. The van der Waals surface area contributed by atoms with Gasteiger partial charge in [0, 0.05) is 38.5 Å². The SMILES string of the molecule is Cc1cccc(-c2cnc3c(c2)n(CC(=O)N(C)C)c(=O)n3C)c1F. The maximum Gasteiger partial charge on any atom is 0.330 e. The number of hydrogen-bond acceptors (Lipinski definition) is 3. The van der Waals surface area contributed by atoms with Crippen LogP contribution in [0.4, 0.5) is 4.39 Å². The summed E-state index contributed by atoms with van der Waals surface area (Å²) in [6.45, 7) is 1.60. The molecule has 1 amide bonds. The number of imidazole rings is 1. The monoisotopic (exact) mass is 342 g/mol. The van der Waals surface area contributed by atoms with E-state index in [0.717, 1.165) is 0 Å². The predicted molar refractivity (Wildman–Crippen MR) is 93.8 cm³/mol. The maximum atomic E-state index is 14.4. The molecular weight excluding hydrogens is 323 g/mol. The van der Waals surface area contributed by atoms with Crippen LogP contribution in [0, 0.1) is 12.7 Å². The number of amides is 1. The number of carbonyl (C=O) groups excluding carboxylic acids is 1. The Bertz CT molecular complexity index is 1030. The van der Waals surface area contributed by atoms with Gasteiger partial charge < -0.3 is 4.90 Å². The zero-order valence-corrected chi connectivity index (χ0v) is 14.6. The molecule has 0 aliphatic heterocycles. The van der Waals surface area contributed by atoms with Crippen LogP contribution in [0.5, 0.6) is 0 Å². The van der Waals surface area contributed by atoms with E-state index in [-0.39, 0.29) is 24.0 Å². The molecule has 0 saturated heterocycles. The Balaban J connectivity index is 2.21. The summed E-state index contributed by atoms with van der Waals surface area (Å²) in [6.07, 6.45) is 1.54. The average molecular weight is 342 g/mol.